The van der Waals surface area contributed by atoms with E-state index in [-0.39, 0.29) is 0 Å². The molecule has 2 heterocycles. The highest BCUT2D eigenvalue weighted by Crippen LogP contribution is 2.30. The molecule has 0 bridgehead atoms. The van der Waals surface area contributed by atoms with E-state index < -0.39 is 0 Å². The van der Waals surface area contributed by atoms with E-state index in [1.54, 1.807) is 6.20 Å². The van der Waals surface area contributed by atoms with Crippen LogP contribution in [0.3, 0.4) is 0 Å². The van der Waals surface area contributed by atoms with E-state index in [0.29, 0.717) is 23.2 Å². The Morgan fingerprint density at radius 1 is 1.57 bits per heavy atom. The molecule has 3 nitrogen and oxygen atoms in total. The number of rotatable bonds is 1. The maximum absolute atomic E-state index is 5.97. The third-order valence-electron chi connectivity index (χ3n) is 3.06. The quantitative estimate of drug-likeness (QED) is 0.773. The summed E-state index contributed by atoms with van der Waals surface area (Å²) in [4.78, 5) is 4.37. The lowest BCUT2D eigenvalue weighted by Crippen LogP contribution is -2.26. The molecular formula is C10H16ClN3. The average Bonchev–Trinajstić information content (AvgIpc) is 2.59. The summed E-state index contributed by atoms with van der Waals surface area (Å²) in [5.41, 5.74) is 0. The second-order valence-corrected chi connectivity index (χ2v) is 4.58. The summed E-state index contributed by atoms with van der Waals surface area (Å²) in [7, 11) is 1.97. The van der Waals surface area contributed by atoms with Gasteiger partial charge in [-0.3, -0.25) is 0 Å². The fraction of sp³-hybridized carbons (Fsp3) is 0.700. The van der Waals surface area contributed by atoms with E-state index in [9.17, 15) is 0 Å². The first-order valence-electron chi connectivity index (χ1n) is 5.02. The zero-order valence-electron chi connectivity index (χ0n) is 8.79. The maximum Gasteiger partial charge on any atom is 0.128 e. The molecule has 1 aromatic heterocycles. The standard InChI is InChI=1S/C10H16ClN3/c1-6-4-8(7(2)13-6)10-12-5-9(11)14(10)3/h5-8,13H,4H2,1-3H3. The second kappa shape index (κ2) is 3.55. The summed E-state index contributed by atoms with van der Waals surface area (Å²) < 4.78 is 1.97. The molecule has 3 unspecified atom stereocenters. The van der Waals surface area contributed by atoms with Crippen LogP contribution in [0.15, 0.2) is 6.20 Å². The summed E-state index contributed by atoms with van der Waals surface area (Å²) in [5.74, 6) is 1.59. The van der Waals surface area contributed by atoms with Gasteiger partial charge in [0.2, 0.25) is 0 Å². The smallest absolute Gasteiger partial charge is 0.128 e. The molecule has 0 aliphatic carbocycles. The monoisotopic (exact) mass is 213 g/mol. The number of aromatic nitrogens is 2. The van der Waals surface area contributed by atoms with Crippen LogP contribution in [0, 0.1) is 0 Å². The fourth-order valence-corrected chi connectivity index (χ4v) is 2.43. The van der Waals surface area contributed by atoms with Crippen molar-refractivity contribution in [1.29, 1.82) is 0 Å². The van der Waals surface area contributed by atoms with Gasteiger partial charge in [-0.2, -0.15) is 0 Å². The van der Waals surface area contributed by atoms with E-state index in [2.05, 4.69) is 24.1 Å². The Hall–Kier alpha value is -0.540. The van der Waals surface area contributed by atoms with Gasteiger partial charge in [-0.15, -0.1) is 0 Å². The van der Waals surface area contributed by atoms with Crippen molar-refractivity contribution in [2.45, 2.75) is 38.3 Å². The Balaban J connectivity index is 2.27. The van der Waals surface area contributed by atoms with Gasteiger partial charge in [0.1, 0.15) is 11.0 Å². The highest BCUT2D eigenvalue weighted by molar-refractivity contribution is 6.29. The van der Waals surface area contributed by atoms with Crippen molar-refractivity contribution in [3.63, 3.8) is 0 Å². The van der Waals surface area contributed by atoms with E-state index in [4.69, 9.17) is 11.6 Å². The van der Waals surface area contributed by atoms with Crippen molar-refractivity contribution >= 4 is 11.6 Å². The Kier molecular flexibility index (Phi) is 2.54. The van der Waals surface area contributed by atoms with Crippen LogP contribution in [0.2, 0.25) is 5.15 Å². The van der Waals surface area contributed by atoms with E-state index in [0.717, 1.165) is 12.2 Å². The van der Waals surface area contributed by atoms with E-state index >= 15 is 0 Å². The van der Waals surface area contributed by atoms with Crippen LogP contribution in [0.4, 0.5) is 0 Å². The van der Waals surface area contributed by atoms with Crippen LogP contribution < -0.4 is 5.32 Å². The molecule has 1 N–H and O–H groups in total. The molecular weight excluding hydrogens is 198 g/mol. The van der Waals surface area contributed by atoms with Gasteiger partial charge in [0, 0.05) is 25.0 Å². The first kappa shape index (κ1) is 9.99. The van der Waals surface area contributed by atoms with Crippen LogP contribution in [-0.2, 0) is 7.05 Å². The summed E-state index contributed by atoms with van der Waals surface area (Å²) in [6, 6.07) is 1.06. The molecule has 14 heavy (non-hydrogen) atoms. The lowest BCUT2D eigenvalue weighted by atomic mass is 10.00. The molecule has 1 aliphatic heterocycles. The molecule has 1 saturated heterocycles. The van der Waals surface area contributed by atoms with Crippen molar-refractivity contribution in [3.8, 4) is 0 Å². The minimum Gasteiger partial charge on any atom is -0.322 e. The highest BCUT2D eigenvalue weighted by atomic mass is 35.5. The fourth-order valence-electron chi connectivity index (χ4n) is 2.29. The Morgan fingerprint density at radius 3 is 2.71 bits per heavy atom. The van der Waals surface area contributed by atoms with Gasteiger partial charge in [-0.1, -0.05) is 11.6 Å². The first-order chi connectivity index (χ1) is 6.59. The Labute approximate surface area is 89.5 Å². The van der Waals surface area contributed by atoms with Gasteiger partial charge in [0.05, 0.1) is 6.20 Å². The van der Waals surface area contributed by atoms with Gasteiger partial charge in [0.25, 0.3) is 0 Å². The zero-order chi connectivity index (χ0) is 10.3. The number of imidazole rings is 1. The predicted molar refractivity (Wildman–Crippen MR) is 57.6 cm³/mol. The third-order valence-corrected chi connectivity index (χ3v) is 3.41. The molecule has 0 amide bonds. The van der Waals surface area contributed by atoms with Crippen molar-refractivity contribution in [1.82, 2.24) is 14.9 Å². The molecule has 4 heteroatoms. The zero-order valence-corrected chi connectivity index (χ0v) is 9.54. The lowest BCUT2D eigenvalue weighted by Gasteiger charge is -2.14. The minimum atomic E-state index is 0.488. The Morgan fingerprint density at radius 2 is 2.29 bits per heavy atom. The van der Waals surface area contributed by atoms with Gasteiger partial charge >= 0.3 is 0 Å². The minimum absolute atomic E-state index is 0.488. The topological polar surface area (TPSA) is 29.9 Å². The van der Waals surface area contributed by atoms with Crippen LogP contribution in [0.5, 0.6) is 0 Å². The van der Waals surface area contributed by atoms with Crippen LogP contribution in [0.25, 0.3) is 0 Å². The molecule has 1 fully saturated rings. The van der Waals surface area contributed by atoms with Crippen molar-refractivity contribution in [3.05, 3.63) is 17.2 Å². The highest BCUT2D eigenvalue weighted by Gasteiger charge is 2.32. The lowest BCUT2D eigenvalue weighted by molar-refractivity contribution is 0.547. The van der Waals surface area contributed by atoms with Crippen molar-refractivity contribution in [2.24, 2.45) is 7.05 Å². The number of halogens is 1. The molecule has 2 rings (SSSR count). The SMILES string of the molecule is CC1CC(c2ncc(Cl)n2C)C(C)N1. The summed E-state index contributed by atoms with van der Waals surface area (Å²) in [6.07, 6.45) is 2.87. The summed E-state index contributed by atoms with van der Waals surface area (Å²) in [5, 5.41) is 4.22. The largest absolute Gasteiger partial charge is 0.322 e. The van der Waals surface area contributed by atoms with Gasteiger partial charge in [0.15, 0.2) is 0 Å². The summed E-state index contributed by atoms with van der Waals surface area (Å²) in [6.45, 7) is 4.41. The van der Waals surface area contributed by atoms with Gasteiger partial charge < -0.3 is 9.88 Å². The van der Waals surface area contributed by atoms with Crippen LogP contribution in [0.1, 0.15) is 32.0 Å². The second-order valence-electron chi connectivity index (χ2n) is 4.20. The molecule has 1 aromatic rings. The third kappa shape index (κ3) is 1.55. The number of nitrogens with zero attached hydrogens (tertiary/aromatic N) is 2. The molecule has 78 valence electrons. The normalized spacial score (nSPS) is 32.4. The molecule has 1 aliphatic rings. The first-order valence-corrected chi connectivity index (χ1v) is 5.40. The molecule has 0 aromatic carbocycles. The molecule has 3 atom stereocenters. The predicted octanol–water partition coefficient (Wildman–Crippen LogP) is 1.93. The number of hydrogen-bond donors (Lipinski definition) is 1. The van der Waals surface area contributed by atoms with Crippen LogP contribution in [-0.4, -0.2) is 21.6 Å². The van der Waals surface area contributed by atoms with E-state index in [1.165, 1.54) is 0 Å². The maximum atomic E-state index is 5.97. The van der Waals surface area contributed by atoms with Gasteiger partial charge in [-0.05, 0) is 20.3 Å². The van der Waals surface area contributed by atoms with Crippen molar-refractivity contribution in [2.75, 3.05) is 0 Å². The molecule has 0 spiro atoms. The van der Waals surface area contributed by atoms with Crippen molar-refractivity contribution < 1.29 is 0 Å². The molecule has 0 radical (unpaired) electrons. The number of nitrogens with one attached hydrogen (secondary N) is 1. The average molecular weight is 214 g/mol. The Bertz CT molecular complexity index is 334. The molecule has 0 saturated carbocycles. The van der Waals surface area contributed by atoms with Crippen LogP contribution >= 0.6 is 11.6 Å². The number of hydrogen-bond acceptors (Lipinski definition) is 2. The van der Waals surface area contributed by atoms with Gasteiger partial charge in [-0.25, -0.2) is 4.98 Å². The van der Waals surface area contributed by atoms with E-state index in [1.807, 2.05) is 11.6 Å². The summed E-state index contributed by atoms with van der Waals surface area (Å²) >= 11 is 5.97.